The lowest BCUT2D eigenvalue weighted by molar-refractivity contribution is 0.0822. The molecule has 0 radical (unpaired) electrons. The molecule has 0 spiro atoms. The van der Waals surface area contributed by atoms with Crippen LogP contribution in [0.2, 0.25) is 0 Å². The molecule has 2 aliphatic heterocycles. The van der Waals surface area contributed by atoms with Crippen LogP contribution in [0.4, 0.5) is 0 Å². The second-order valence-corrected chi connectivity index (χ2v) is 7.18. The Morgan fingerprint density at radius 2 is 2.12 bits per heavy atom. The number of aromatic nitrogens is 2. The third-order valence-electron chi connectivity index (χ3n) is 5.13. The van der Waals surface area contributed by atoms with Crippen LogP contribution in [0.5, 0.6) is 0 Å². The van der Waals surface area contributed by atoms with Crippen molar-refractivity contribution in [3.63, 3.8) is 0 Å². The summed E-state index contributed by atoms with van der Waals surface area (Å²) in [5.74, 6) is 0.761. The predicted molar refractivity (Wildman–Crippen MR) is 95.7 cm³/mol. The van der Waals surface area contributed by atoms with E-state index in [4.69, 9.17) is 0 Å². The van der Waals surface area contributed by atoms with Crippen LogP contribution in [0.15, 0.2) is 35.1 Å². The van der Waals surface area contributed by atoms with E-state index in [2.05, 4.69) is 16.4 Å². The lowest BCUT2D eigenvalue weighted by Crippen LogP contribution is -2.44. The van der Waals surface area contributed by atoms with Gasteiger partial charge in [0.15, 0.2) is 0 Å². The molecule has 1 saturated heterocycles. The summed E-state index contributed by atoms with van der Waals surface area (Å²) in [6, 6.07) is 9.08. The van der Waals surface area contributed by atoms with E-state index in [1.165, 1.54) is 4.90 Å². The maximum Gasteiger partial charge on any atom is 0.271 e. The molecule has 2 atom stereocenters. The number of rotatable bonds is 2. The highest BCUT2D eigenvalue weighted by Gasteiger charge is 2.31. The molecule has 0 aliphatic carbocycles. The monoisotopic (exact) mass is 338 g/mol. The standard InChI is InChI=1S/C19H22N4O2/c1-22(2)19(25)16-5-3-4-15(21-16)13-7-17-14-6-12(9-20-10-14)11-23(17)18(24)8-13/h3-5,7-8,12,14,20H,6,9-11H2,1-2H3/t12-,14+/m0/s1. The highest BCUT2D eigenvalue weighted by atomic mass is 16.2. The summed E-state index contributed by atoms with van der Waals surface area (Å²) in [7, 11) is 3.41. The zero-order chi connectivity index (χ0) is 17.6. The quantitative estimate of drug-likeness (QED) is 0.897. The Labute approximate surface area is 146 Å². The minimum Gasteiger partial charge on any atom is -0.343 e. The molecule has 0 unspecified atom stereocenters. The van der Waals surface area contributed by atoms with Crippen LogP contribution >= 0.6 is 0 Å². The molecule has 2 aromatic rings. The van der Waals surface area contributed by atoms with Gasteiger partial charge >= 0.3 is 0 Å². The highest BCUT2D eigenvalue weighted by Crippen LogP contribution is 2.33. The van der Waals surface area contributed by atoms with E-state index in [1.54, 1.807) is 26.2 Å². The number of carbonyl (C=O) groups is 1. The summed E-state index contributed by atoms with van der Waals surface area (Å²) in [4.78, 5) is 30.8. The Morgan fingerprint density at radius 1 is 1.28 bits per heavy atom. The summed E-state index contributed by atoms with van der Waals surface area (Å²) in [5, 5.41) is 3.46. The third-order valence-corrected chi connectivity index (χ3v) is 5.13. The van der Waals surface area contributed by atoms with E-state index < -0.39 is 0 Å². The second-order valence-electron chi connectivity index (χ2n) is 7.18. The van der Waals surface area contributed by atoms with E-state index >= 15 is 0 Å². The summed E-state index contributed by atoms with van der Waals surface area (Å²) in [6.07, 6.45) is 1.13. The molecule has 2 aromatic heterocycles. The topological polar surface area (TPSA) is 67.2 Å². The number of hydrogen-bond acceptors (Lipinski definition) is 4. The lowest BCUT2D eigenvalue weighted by Gasteiger charge is -2.37. The van der Waals surface area contributed by atoms with Crippen molar-refractivity contribution < 1.29 is 4.79 Å². The van der Waals surface area contributed by atoms with Gasteiger partial charge in [-0.3, -0.25) is 9.59 Å². The van der Waals surface area contributed by atoms with Gasteiger partial charge < -0.3 is 14.8 Å². The molecule has 2 aliphatic rings. The van der Waals surface area contributed by atoms with Crippen LogP contribution in [-0.4, -0.2) is 47.5 Å². The first-order chi connectivity index (χ1) is 12.0. The smallest absolute Gasteiger partial charge is 0.271 e. The number of pyridine rings is 2. The maximum atomic E-state index is 12.7. The van der Waals surface area contributed by atoms with E-state index in [0.29, 0.717) is 23.2 Å². The predicted octanol–water partition coefficient (Wildman–Crippen LogP) is 1.32. The molecule has 6 nitrogen and oxygen atoms in total. The number of nitrogens with one attached hydrogen (secondary N) is 1. The molecule has 0 saturated carbocycles. The van der Waals surface area contributed by atoms with Gasteiger partial charge in [-0.1, -0.05) is 6.07 Å². The van der Waals surface area contributed by atoms with Gasteiger partial charge in [-0.2, -0.15) is 0 Å². The number of nitrogens with zero attached hydrogens (tertiary/aromatic N) is 3. The van der Waals surface area contributed by atoms with Crippen LogP contribution in [0.1, 0.15) is 28.5 Å². The summed E-state index contributed by atoms with van der Waals surface area (Å²) < 4.78 is 1.91. The molecule has 25 heavy (non-hydrogen) atoms. The molecule has 2 bridgehead atoms. The molecule has 1 N–H and O–H groups in total. The van der Waals surface area contributed by atoms with Crippen molar-refractivity contribution in [2.24, 2.45) is 5.92 Å². The maximum absolute atomic E-state index is 12.7. The molecule has 130 valence electrons. The van der Waals surface area contributed by atoms with E-state index in [1.807, 2.05) is 16.7 Å². The van der Waals surface area contributed by atoms with Crippen LogP contribution in [0.3, 0.4) is 0 Å². The molecular weight excluding hydrogens is 316 g/mol. The van der Waals surface area contributed by atoms with Crippen molar-refractivity contribution in [1.29, 1.82) is 0 Å². The Bertz CT molecular complexity index is 887. The Morgan fingerprint density at radius 3 is 2.92 bits per heavy atom. The van der Waals surface area contributed by atoms with Crippen molar-refractivity contribution in [3.05, 3.63) is 52.1 Å². The first-order valence-electron chi connectivity index (χ1n) is 8.67. The highest BCUT2D eigenvalue weighted by molar-refractivity contribution is 5.92. The van der Waals surface area contributed by atoms with E-state index in [0.717, 1.165) is 37.3 Å². The van der Waals surface area contributed by atoms with Gasteiger partial charge in [-0.15, -0.1) is 0 Å². The van der Waals surface area contributed by atoms with Gasteiger partial charge in [0, 0.05) is 50.4 Å². The van der Waals surface area contributed by atoms with Crippen molar-refractivity contribution >= 4 is 5.91 Å². The average molecular weight is 338 g/mol. The fourth-order valence-electron chi connectivity index (χ4n) is 3.90. The van der Waals surface area contributed by atoms with Gasteiger partial charge in [0.1, 0.15) is 5.69 Å². The number of fused-ring (bicyclic) bond motifs is 4. The van der Waals surface area contributed by atoms with Crippen molar-refractivity contribution in [3.8, 4) is 11.3 Å². The van der Waals surface area contributed by atoms with Crippen molar-refractivity contribution in [2.45, 2.75) is 18.9 Å². The van der Waals surface area contributed by atoms with Crippen LogP contribution < -0.4 is 10.9 Å². The average Bonchev–Trinajstić information content (AvgIpc) is 2.62. The van der Waals surface area contributed by atoms with E-state index in [9.17, 15) is 9.59 Å². The normalized spacial score (nSPS) is 21.5. The number of carbonyl (C=O) groups excluding carboxylic acids is 1. The largest absolute Gasteiger partial charge is 0.343 e. The SMILES string of the molecule is CN(C)C(=O)c1cccc(-c2cc3n(c(=O)c2)C[C@@H]2CNC[C@H]3C2)n1. The Hall–Kier alpha value is -2.47. The fraction of sp³-hybridized carbons (Fsp3) is 0.421. The van der Waals surface area contributed by atoms with Crippen LogP contribution in [0, 0.1) is 5.92 Å². The zero-order valence-electron chi connectivity index (χ0n) is 14.5. The first-order valence-corrected chi connectivity index (χ1v) is 8.67. The van der Waals surface area contributed by atoms with Crippen LogP contribution in [-0.2, 0) is 6.54 Å². The fourth-order valence-corrected chi connectivity index (χ4v) is 3.90. The summed E-state index contributed by atoms with van der Waals surface area (Å²) >= 11 is 0. The molecule has 1 amide bonds. The number of amides is 1. The van der Waals surface area contributed by atoms with Gasteiger partial charge in [-0.05, 0) is 37.1 Å². The Kier molecular flexibility index (Phi) is 3.92. The van der Waals surface area contributed by atoms with Gasteiger partial charge in [0.25, 0.3) is 11.5 Å². The summed E-state index contributed by atoms with van der Waals surface area (Å²) in [5.41, 5.74) is 2.94. The van der Waals surface area contributed by atoms with Crippen LogP contribution in [0.25, 0.3) is 11.3 Å². The van der Waals surface area contributed by atoms with Crippen molar-refractivity contribution in [2.75, 3.05) is 27.2 Å². The second kappa shape index (κ2) is 6.11. The molecular formula is C19H22N4O2. The number of hydrogen-bond donors (Lipinski definition) is 1. The molecule has 6 heteroatoms. The molecule has 0 aromatic carbocycles. The molecule has 4 rings (SSSR count). The summed E-state index contributed by atoms with van der Waals surface area (Å²) in [6.45, 7) is 2.68. The third kappa shape index (κ3) is 2.87. The molecule has 4 heterocycles. The van der Waals surface area contributed by atoms with Gasteiger partial charge in [-0.25, -0.2) is 4.98 Å². The first kappa shape index (κ1) is 16.0. The number of piperidine rings is 1. The minimum atomic E-state index is -0.143. The van der Waals surface area contributed by atoms with Gasteiger partial charge in [0.05, 0.1) is 5.69 Å². The van der Waals surface area contributed by atoms with Gasteiger partial charge in [0.2, 0.25) is 0 Å². The molecule has 1 fully saturated rings. The lowest BCUT2D eigenvalue weighted by atomic mass is 9.83. The minimum absolute atomic E-state index is 0.0234. The zero-order valence-corrected chi connectivity index (χ0v) is 14.5. The Balaban J connectivity index is 1.78. The van der Waals surface area contributed by atoms with E-state index in [-0.39, 0.29) is 11.5 Å². The van der Waals surface area contributed by atoms with Crippen molar-refractivity contribution in [1.82, 2.24) is 19.8 Å².